The van der Waals surface area contributed by atoms with Crippen LogP contribution >= 0.6 is 0 Å². The Morgan fingerprint density at radius 1 is 0.964 bits per heavy atom. The number of benzene rings is 2. The van der Waals surface area contributed by atoms with E-state index >= 15 is 0 Å². The summed E-state index contributed by atoms with van der Waals surface area (Å²) in [6, 6.07) is 17.6. The number of nitrogens with zero attached hydrogens (tertiary/aromatic N) is 2. The molecule has 1 aromatic heterocycles. The van der Waals surface area contributed by atoms with Gasteiger partial charge in [0.15, 0.2) is 6.61 Å². The minimum atomic E-state index is -0.668. The van der Waals surface area contributed by atoms with Gasteiger partial charge < -0.3 is 4.74 Å². The summed E-state index contributed by atoms with van der Waals surface area (Å²) in [5.74, 6) is -1.77. The van der Waals surface area contributed by atoms with E-state index in [9.17, 15) is 14.4 Å². The standard InChI is InChI=1S/C21H19N3O4/c1-15-11-12-22-24(15)18-9-7-17(8-10-18)21(27)28-14-20(26)23-19(25)13-16-5-3-2-4-6-16/h2-12H,13-14H2,1H3,(H,23,25,26). The topological polar surface area (TPSA) is 90.3 Å². The summed E-state index contributed by atoms with van der Waals surface area (Å²) in [4.78, 5) is 35.7. The van der Waals surface area contributed by atoms with Crippen LogP contribution in [-0.2, 0) is 20.7 Å². The fourth-order valence-electron chi connectivity index (χ4n) is 2.61. The molecule has 0 fully saturated rings. The van der Waals surface area contributed by atoms with E-state index < -0.39 is 24.4 Å². The number of carbonyl (C=O) groups excluding carboxylic acids is 3. The highest BCUT2D eigenvalue weighted by Gasteiger charge is 2.13. The highest BCUT2D eigenvalue weighted by molar-refractivity contribution is 5.98. The minimum absolute atomic E-state index is 0.0782. The van der Waals surface area contributed by atoms with Gasteiger partial charge in [0.1, 0.15) is 0 Å². The van der Waals surface area contributed by atoms with Crippen molar-refractivity contribution in [3.63, 3.8) is 0 Å². The van der Waals surface area contributed by atoms with Crippen molar-refractivity contribution >= 4 is 17.8 Å². The summed E-state index contributed by atoms with van der Waals surface area (Å²) in [5.41, 5.74) is 2.87. The van der Waals surface area contributed by atoms with Gasteiger partial charge >= 0.3 is 5.97 Å². The van der Waals surface area contributed by atoms with E-state index in [1.165, 1.54) is 0 Å². The van der Waals surface area contributed by atoms with Gasteiger partial charge in [0.05, 0.1) is 17.7 Å². The highest BCUT2D eigenvalue weighted by atomic mass is 16.5. The zero-order valence-corrected chi connectivity index (χ0v) is 15.3. The van der Waals surface area contributed by atoms with E-state index in [0.717, 1.165) is 16.9 Å². The van der Waals surface area contributed by atoms with Crippen molar-refractivity contribution in [1.82, 2.24) is 15.1 Å². The van der Waals surface area contributed by atoms with Crippen LogP contribution in [0, 0.1) is 6.92 Å². The van der Waals surface area contributed by atoms with E-state index in [2.05, 4.69) is 10.4 Å². The van der Waals surface area contributed by atoms with E-state index in [0.29, 0.717) is 5.56 Å². The molecule has 1 N–H and O–H groups in total. The third-order valence-electron chi connectivity index (χ3n) is 4.00. The van der Waals surface area contributed by atoms with E-state index in [-0.39, 0.29) is 6.42 Å². The molecule has 28 heavy (non-hydrogen) atoms. The Balaban J connectivity index is 1.49. The molecule has 7 nitrogen and oxygen atoms in total. The number of nitrogens with one attached hydrogen (secondary N) is 1. The number of aromatic nitrogens is 2. The summed E-state index contributed by atoms with van der Waals surface area (Å²) in [5, 5.41) is 6.40. The summed E-state index contributed by atoms with van der Waals surface area (Å²) in [7, 11) is 0. The van der Waals surface area contributed by atoms with Crippen LogP contribution in [-0.4, -0.2) is 34.2 Å². The van der Waals surface area contributed by atoms with Gasteiger partial charge in [-0.25, -0.2) is 9.48 Å². The smallest absolute Gasteiger partial charge is 0.338 e. The van der Waals surface area contributed by atoms with Gasteiger partial charge in [0.2, 0.25) is 5.91 Å². The molecule has 0 atom stereocenters. The van der Waals surface area contributed by atoms with Crippen molar-refractivity contribution in [1.29, 1.82) is 0 Å². The Bertz CT molecular complexity index is 978. The molecule has 0 aliphatic rings. The Hall–Kier alpha value is -3.74. The van der Waals surface area contributed by atoms with Crippen LogP contribution in [0.2, 0.25) is 0 Å². The molecule has 3 aromatic rings. The van der Waals surface area contributed by atoms with Gasteiger partial charge in [0, 0.05) is 11.9 Å². The number of esters is 1. The molecule has 0 aliphatic heterocycles. The van der Waals surface area contributed by atoms with Crippen molar-refractivity contribution < 1.29 is 19.1 Å². The minimum Gasteiger partial charge on any atom is -0.452 e. The fraction of sp³-hybridized carbons (Fsp3) is 0.143. The van der Waals surface area contributed by atoms with E-state index in [1.807, 2.05) is 31.2 Å². The molecule has 7 heteroatoms. The van der Waals surface area contributed by atoms with Gasteiger partial charge in [-0.1, -0.05) is 30.3 Å². The maximum absolute atomic E-state index is 12.1. The number of aryl methyl sites for hydroxylation is 1. The van der Waals surface area contributed by atoms with Crippen LogP contribution in [0.4, 0.5) is 0 Å². The van der Waals surface area contributed by atoms with Crippen molar-refractivity contribution in [2.45, 2.75) is 13.3 Å². The average Bonchev–Trinajstić information content (AvgIpc) is 3.13. The largest absolute Gasteiger partial charge is 0.452 e. The second-order valence-electron chi connectivity index (χ2n) is 6.14. The molecule has 0 radical (unpaired) electrons. The van der Waals surface area contributed by atoms with Gasteiger partial charge in [-0.3, -0.25) is 14.9 Å². The second kappa shape index (κ2) is 8.77. The van der Waals surface area contributed by atoms with Crippen molar-refractivity contribution in [2.24, 2.45) is 0 Å². The Morgan fingerprint density at radius 3 is 2.32 bits per heavy atom. The summed E-state index contributed by atoms with van der Waals surface area (Å²) in [6.45, 7) is 1.40. The number of ether oxygens (including phenoxy) is 1. The second-order valence-corrected chi connectivity index (χ2v) is 6.14. The molecule has 0 aliphatic carbocycles. The molecule has 3 rings (SSSR count). The van der Waals surface area contributed by atoms with Gasteiger partial charge in [-0.15, -0.1) is 0 Å². The van der Waals surface area contributed by atoms with Crippen LogP contribution < -0.4 is 5.32 Å². The number of carbonyl (C=O) groups is 3. The third kappa shape index (κ3) is 4.91. The lowest BCUT2D eigenvalue weighted by Crippen LogP contribution is -2.35. The molecular weight excluding hydrogens is 358 g/mol. The van der Waals surface area contributed by atoms with Crippen LogP contribution in [0.15, 0.2) is 66.9 Å². The normalized spacial score (nSPS) is 10.3. The number of amides is 2. The first-order chi connectivity index (χ1) is 13.5. The van der Waals surface area contributed by atoms with Gasteiger partial charge in [-0.05, 0) is 42.8 Å². The Morgan fingerprint density at radius 2 is 1.68 bits per heavy atom. The Labute approximate surface area is 161 Å². The lowest BCUT2D eigenvalue weighted by atomic mass is 10.1. The first-order valence-electron chi connectivity index (χ1n) is 8.68. The summed E-state index contributed by atoms with van der Waals surface area (Å²) < 4.78 is 6.71. The Kier molecular flexibility index (Phi) is 5.96. The molecule has 2 amide bonds. The van der Waals surface area contributed by atoms with Crippen molar-refractivity contribution in [3.05, 3.63) is 83.7 Å². The maximum Gasteiger partial charge on any atom is 0.338 e. The van der Waals surface area contributed by atoms with Gasteiger partial charge in [-0.2, -0.15) is 5.10 Å². The predicted octanol–water partition coefficient (Wildman–Crippen LogP) is 2.22. The summed E-state index contributed by atoms with van der Waals surface area (Å²) in [6.07, 6.45) is 1.77. The molecule has 0 saturated carbocycles. The molecule has 0 spiro atoms. The predicted molar refractivity (Wildman–Crippen MR) is 102 cm³/mol. The fourth-order valence-corrected chi connectivity index (χ4v) is 2.61. The van der Waals surface area contributed by atoms with Crippen LogP contribution in [0.3, 0.4) is 0 Å². The van der Waals surface area contributed by atoms with Crippen molar-refractivity contribution in [3.8, 4) is 5.69 Å². The monoisotopic (exact) mass is 377 g/mol. The van der Waals surface area contributed by atoms with Crippen LogP contribution in [0.25, 0.3) is 5.69 Å². The van der Waals surface area contributed by atoms with E-state index in [1.54, 1.807) is 47.3 Å². The van der Waals surface area contributed by atoms with E-state index in [4.69, 9.17) is 4.74 Å². The first kappa shape index (κ1) is 19.0. The zero-order valence-electron chi connectivity index (χ0n) is 15.3. The maximum atomic E-state index is 12.1. The van der Waals surface area contributed by atoms with Crippen LogP contribution in [0.5, 0.6) is 0 Å². The molecule has 0 saturated heterocycles. The van der Waals surface area contributed by atoms with Gasteiger partial charge in [0.25, 0.3) is 5.91 Å². The molecule has 2 aromatic carbocycles. The number of imide groups is 1. The quantitative estimate of drug-likeness (QED) is 0.665. The molecule has 0 bridgehead atoms. The zero-order chi connectivity index (χ0) is 19.9. The first-order valence-corrected chi connectivity index (χ1v) is 8.68. The SMILES string of the molecule is Cc1ccnn1-c1ccc(C(=O)OCC(=O)NC(=O)Cc2ccccc2)cc1. The summed E-state index contributed by atoms with van der Waals surface area (Å²) >= 11 is 0. The lowest BCUT2D eigenvalue weighted by molar-refractivity contribution is -0.132. The molecular formula is C21H19N3O4. The molecule has 142 valence electrons. The van der Waals surface area contributed by atoms with Crippen molar-refractivity contribution in [2.75, 3.05) is 6.61 Å². The molecule has 0 unspecified atom stereocenters. The number of hydrogen-bond donors (Lipinski definition) is 1. The third-order valence-corrected chi connectivity index (χ3v) is 4.00. The highest BCUT2D eigenvalue weighted by Crippen LogP contribution is 2.12. The number of rotatable bonds is 6. The number of hydrogen-bond acceptors (Lipinski definition) is 5. The van der Waals surface area contributed by atoms with Crippen LogP contribution in [0.1, 0.15) is 21.6 Å². The average molecular weight is 377 g/mol. The lowest BCUT2D eigenvalue weighted by Gasteiger charge is -2.07. The molecule has 1 heterocycles.